The number of hydrogen-bond acceptors (Lipinski definition) is 10. The predicted molar refractivity (Wildman–Crippen MR) is 212 cm³/mol. The molecule has 0 spiro atoms. The number of nitrogens with zero attached hydrogens (tertiary/aromatic N) is 2. The highest BCUT2D eigenvalue weighted by Gasteiger charge is 2.40. The third-order valence-corrected chi connectivity index (χ3v) is 10.5. The minimum Gasteiger partial charge on any atom is -0.744 e. The summed E-state index contributed by atoms with van der Waals surface area (Å²) < 4.78 is 66.6. The van der Waals surface area contributed by atoms with Crippen molar-refractivity contribution in [2.24, 2.45) is 0 Å². The summed E-state index contributed by atoms with van der Waals surface area (Å²) in [6.45, 7) is 15.4. The Kier molecular flexibility index (Phi) is 15.8. The van der Waals surface area contributed by atoms with Gasteiger partial charge in [0.2, 0.25) is 5.36 Å². The highest BCUT2D eigenvalue weighted by Crippen LogP contribution is 2.48. The van der Waals surface area contributed by atoms with Crippen LogP contribution in [-0.4, -0.2) is 97.5 Å². The zero-order chi connectivity index (χ0) is 40.2. The molecule has 2 heterocycles. The number of hydrogen-bond donors (Lipinski definition) is 1. The lowest BCUT2D eigenvalue weighted by atomic mass is 9.83. The molecule has 3 aliphatic rings. The topological polar surface area (TPSA) is 151 Å². The van der Waals surface area contributed by atoms with Crippen LogP contribution in [0.2, 0.25) is 0 Å². The quantitative estimate of drug-likeness (QED) is 0.0768. The third kappa shape index (κ3) is 12.1. The van der Waals surface area contributed by atoms with Gasteiger partial charge in [-0.25, -0.2) is 13.0 Å². The van der Waals surface area contributed by atoms with Crippen LogP contribution in [0.15, 0.2) is 69.6 Å². The van der Waals surface area contributed by atoms with Gasteiger partial charge in [0.05, 0.1) is 37.4 Å². The lowest BCUT2D eigenvalue weighted by molar-refractivity contribution is -0.137. The molecular weight excluding hydrogens is 725 g/mol. The Labute approximate surface area is 326 Å². The largest absolute Gasteiger partial charge is 0.744 e. The first-order valence-electron chi connectivity index (χ1n) is 18.9. The second kappa shape index (κ2) is 19.8. The minimum absolute atomic E-state index is 0.109. The molecule has 0 unspecified atom stereocenters. The number of methoxy groups -OCH3 is 2. The summed E-state index contributed by atoms with van der Waals surface area (Å²) in [5, 5.41) is 10.1. The van der Waals surface area contributed by atoms with E-state index in [0.29, 0.717) is 65.7 Å². The van der Waals surface area contributed by atoms with Crippen molar-refractivity contribution < 1.29 is 46.2 Å². The third-order valence-electron chi connectivity index (χ3n) is 9.72. The van der Waals surface area contributed by atoms with E-state index in [9.17, 15) is 17.8 Å². The second-order valence-electron chi connectivity index (χ2n) is 15.2. The summed E-state index contributed by atoms with van der Waals surface area (Å²) in [7, 11) is -1.34. The molecule has 55 heavy (non-hydrogen) atoms. The zero-order valence-corrected chi connectivity index (χ0v) is 34.2. The summed E-state index contributed by atoms with van der Waals surface area (Å²) in [5.74, 6) is 0.747. The number of carbonyl (C=O) groups is 1. The number of carboxylic acids is 1. The van der Waals surface area contributed by atoms with Gasteiger partial charge in [-0.1, -0.05) is 53.2 Å². The molecule has 0 fully saturated rings. The van der Waals surface area contributed by atoms with Crippen LogP contribution in [0.3, 0.4) is 0 Å². The SMILES string of the molecule is COCCOCC[N+](CCOCCOC)=c1ccc2c(/C=C/C=C3/N(CCCCCC(=O)O)c4ccc(S(=O)(=O)[O-])cc4C3(C)C)cc(C(C)(C)C)oc-2c1. The summed E-state index contributed by atoms with van der Waals surface area (Å²) >= 11 is 0. The predicted octanol–water partition coefficient (Wildman–Crippen LogP) is 6.02. The summed E-state index contributed by atoms with van der Waals surface area (Å²) in [4.78, 5) is 13.0. The second-order valence-corrected chi connectivity index (χ2v) is 16.6. The number of fused-ring (bicyclic) bond motifs is 2. The average molecular weight is 783 g/mol. The van der Waals surface area contributed by atoms with Crippen molar-refractivity contribution in [2.75, 3.05) is 78.4 Å². The van der Waals surface area contributed by atoms with Crippen LogP contribution < -0.4 is 14.8 Å². The van der Waals surface area contributed by atoms with E-state index in [1.54, 1.807) is 20.3 Å². The van der Waals surface area contributed by atoms with E-state index in [4.69, 9.17) is 28.5 Å². The maximum atomic E-state index is 12.0. The Morgan fingerprint density at radius 3 is 2.20 bits per heavy atom. The molecule has 0 saturated heterocycles. The van der Waals surface area contributed by atoms with Crippen LogP contribution >= 0.6 is 0 Å². The van der Waals surface area contributed by atoms with Gasteiger partial charge in [0, 0.05) is 61.0 Å². The highest BCUT2D eigenvalue weighted by molar-refractivity contribution is 7.85. The van der Waals surface area contributed by atoms with E-state index in [-0.39, 0.29) is 16.7 Å². The van der Waals surface area contributed by atoms with Crippen LogP contribution in [0.5, 0.6) is 0 Å². The Morgan fingerprint density at radius 1 is 0.927 bits per heavy atom. The molecule has 0 saturated carbocycles. The molecule has 0 atom stereocenters. The van der Waals surface area contributed by atoms with Crippen LogP contribution in [-0.2, 0) is 44.7 Å². The first kappa shape index (κ1) is 43.9. The van der Waals surface area contributed by atoms with Gasteiger partial charge in [0.1, 0.15) is 34.9 Å². The van der Waals surface area contributed by atoms with E-state index < -0.39 is 21.5 Å². The fourth-order valence-corrected chi connectivity index (χ4v) is 7.13. The van der Waals surface area contributed by atoms with E-state index >= 15 is 0 Å². The highest BCUT2D eigenvalue weighted by atomic mass is 32.2. The number of rotatable bonds is 21. The minimum atomic E-state index is -4.65. The van der Waals surface area contributed by atoms with Gasteiger partial charge in [-0.15, -0.1) is 0 Å². The molecular formula is C42H58N2O10S. The van der Waals surface area contributed by atoms with Crippen LogP contribution in [0.1, 0.15) is 77.2 Å². The standard InChI is InChI=1S/C42H58N2O10S/c1-41(2,3)39-28-31(34-17-15-32(29-37(34)54-39)43(20-22-52-26-24-50-6)21-23-53-27-25-51-7)12-11-13-38-42(4,5)35-30-33(55(47,48)49)16-18-36(35)44(38)19-10-8-9-14-40(45)46/h11-13,15-18,28-30H,8-10,14,19-27H2,1-7H3,(H-,45,46,47,48,49). The van der Waals surface area contributed by atoms with Crippen LogP contribution in [0.25, 0.3) is 17.4 Å². The van der Waals surface area contributed by atoms with Gasteiger partial charge in [0.15, 0.2) is 13.1 Å². The van der Waals surface area contributed by atoms with Crippen molar-refractivity contribution in [2.45, 2.75) is 76.0 Å². The van der Waals surface area contributed by atoms with Gasteiger partial charge < -0.3 is 37.9 Å². The molecule has 1 aromatic rings. The summed E-state index contributed by atoms with van der Waals surface area (Å²) in [6, 6.07) is 12.8. The maximum Gasteiger partial charge on any atom is 0.303 e. The first-order valence-corrected chi connectivity index (χ1v) is 20.3. The molecule has 12 nitrogen and oxygen atoms in total. The molecule has 2 aliphatic heterocycles. The smallest absolute Gasteiger partial charge is 0.303 e. The fourth-order valence-electron chi connectivity index (χ4n) is 6.63. The van der Waals surface area contributed by atoms with E-state index in [0.717, 1.165) is 57.8 Å². The number of ether oxygens (including phenoxy) is 4. The number of unbranched alkanes of at least 4 members (excludes halogenated alkanes) is 2. The number of aliphatic carboxylic acids is 1. The Bertz CT molecular complexity index is 1940. The van der Waals surface area contributed by atoms with Gasteiger partial charge in [-0.3, -0.25) is 4.79 Å². The maximum absolute atomic E-state index is 12.0. The Hall–Kier alpha value is -3.85. The number of anilines is 1. The number of carboxylic acid groups (broad SMARTS) is 1. The van der Waals surface area contributed by atoms with E-state index in [1.807, 2.05) is 26.0 Å². The molecule has 302 valence electrons. The van der Waals surface area contributed by atoms with Crippen LogP contribution in [0.4, 0.5) is 5.69 Å². The van der Waals surface area contributed by atoms with Crippen molar-refractivity contribution in [3.8, 4) is 11.3 Å². The molecule has 1 aliphatic carbocycles. The van der Waals surface area contributed by atoms with Gasteiger partial charge in [-0.05, 0) is 60.4 Å². The molecule has 0 bridgehead atoms. The van der Waals surface area contributed by atoms with Crippen molar-refractivity contribution in [3.63, 3.8) is 0 Å². The lowest BCUT2D eigenvalue weighted by Crippen LogP contribution is -2.36. The van der Waals surface area contributed by atoms with Gasteiger partial charge >= 0.3 is 5.97 Å². The molecule has 0 amide bonds. The number of allylic oxidation sites excluding steroid dienone is 3. The molecule has 4 rings (SSSR count). The molecule has 0 radical (unpaired) electrons. The van der Waals surface area contributed by atoms with E-state index in [1.165, 1.54) is 12.1 Å². The Balaban J connectivity index is 1.75. The molecule has 1 aromatic carbocycles. The average Bonchev–Trinajstić information content (AvgIpc) is 3.33. The summed E-state index contributed by atoms with van der Waals surface area (Å²) in [5.41, 5.74) is 3.54. The normalized spacial score (nSPS) is 15.1. The summed E-state index contributed by atoms with van der Waals surface area (Å²) in [6.07, 6.45) is 8.24. The van der Waals surface area contributed by atoms with Crippen molar-refractivity contribution in [1.29, 1.82) is 0 Å². The van der Waals surface area contributed by atoms with Crippen LogP contribution in [0, 0.1) is 0 Å². The zero-order valence-electron chi connectivity index (χ0n) is 33.4. The van der Waals surface area contributed by atoms with Gasteiger partial charge in [-0.2, -0.15) is 0 Å². The lowest BCUT2D eigenvalue weighted by Gasteiger charge is -2.27. The van der Waals surface area contributed by atoms with Gasteiger partial charge in [0.25, 0.3) is 0 Å². The Morgan fingerprint density at radius 2 is 1.60 bits per heavy atom. The number of benzene rings is 2. The van der Waals surface area contributed by atoms with Crippen molar-refractivity contribution >= 4 is 27.9 Å². The van der Waals surface area contributed by atoms with E-state index in [2.05, 4.69) is 60.6 Å². The molecule has 13 heteroatoms. The van der Waals surface area contributed by atoms with Crippen molar-refractivity contribution in [1.82, 2.24) is 4.58 Å². The first-order chi connectivity index (χ1) is 26.1. The monoisotopic (exact) mass is 782 g/mol. The van der Waals surface area contributed by atoms with Crippen molar-refractivity contribution in [3.05, 3.63) is 82.6 Å². The fraction of sp³-hybridized carbons (Fsp3) is 0.524. The molecule has 1 N–H and O–H groups in total. The molecule has 0 aromatic heterocycles.